The van der Waals surface area contributed by atoms with Crippen molar-refractivity contribution in [3.63, 3.8) is 0 Å². The highest BCUT2D eigenvalue weighted by Gasteiger charge is 2.40. The van der Waals surface area contributed by atoms with Crippen LogP contribution in [-0.2, 0) is 16.1 Å². The number of rotatable bonds is 10. The summed E-state index contributed by atoms with van der Waals surface area (Å²) in [5.74, 6) is 0.188. The molecule has 1 unspecified atom stereocenters. The molecule has 5 aromatic rings. The maximum absolute atomic E-state index is 15.3. The Balaban J connectivity index is 0.722. The Bertz CT molecular complexity index is 2370. The number of para-hydroxylation sites is 1. The summed E-state index contributed by atoms with van der Waals surface area (Å²) < 4.78 is 17.6. The number of piperazine rings is 1. The minimum absolute atomic E-state index is 0.185. The van der Waals surface area contributed by atoms with Gasteiger partial charge in [-0.25, -0.2) is 14.4 Å². The highest BCUT2D eigenvalue weighted by atomic mass is 19.1. The number of carbonyl (C=O) groups is 3. The van der Waals surface area contributed by atoms with Crippen molar-refractivity contribution < 1.29 is 18.8 Å². The van der Waals surface area contributed by atoms with Gasteiger partial charge in [0.05, 0.1) is 11.9 Å². The molecule has 5 aliphatic rings. The van der Waals surface area contributed by atoms with Gasteiger partial charge in [0.25, 0.3) is 5.91 Å². The molecule has 14 nitrogen and oxygen atoms in total. The number of hydrogen-bond donors (Lipinski definition) is 3. The normalized spacial score (nSPS) is 20.5. The molecule has 3 saturated heterocycles. The summed E-state index contributed by atoms with van der Waals surface area (Å²) in [5.41, 5.74) is 6.21. The molecule has 1 atom stereocenters. The zero-order chi connectivity index (χ0) is 39.3. The number of anilines is 6. The van der Waals surface area contributed by atoms with Gasteiger partial charge in [0.2, 0.25) is 23.7 Å². The first kappa shape index (κ1) is 36.3. The molecule has 3 aromatic carbocycles. The number of aromatic nitrogens is 4. The molecule has 0 radical (unpaired) electrons. The van der Waals surface area contributed by atoms with E-state index in [1.165, 1.54) is 29.5 Å². The van der Waals surface area contributed by atoms with Gasteiger partial charge in [-0.15, -0.1) is 0 Å². The van der Waals surface area contributed by atoms with Crippen LogP contribution in [0.3, 0.4) is 0 Å². The van der Waals surface area contributed by atoms with E-state index in [4.69, 9.17) is 9.97 Å². The van der Waals surface area contributed by atoms with Crippen molar-refractivity contribution in [2.45, 2.75) is 57.2 Å². The molecule has 0 spiro atoms. The van der Waals surface area contributed by atoms with Crippen LogP contribution < -0.4 is 25.8 Å². The number of nitrogens with zero attached hydrogens (tertiary/aromatic N) is 8. The zero-order valence-electron chi connectivity index (χ0n) is 32.2. The summed E-state index contributed by atoms with van der Waals surface area (Å²) in [6.45, 7) is 6.43. The summed E-state index contributed by atoms with van der Waals surface area (Å²) in [4.78, 5) is 60.0. The number of amides is 3. The van der Waals surface area contributed by atoms with Crippen LogP contribution >= 0.6 is 0 Å². The number of hydrogen-bond acceptors (Lipinski definition) is 11. The second-order valence-corrected chi connectivity index (χ2v) is 16.2. The van der Waals surface area contributed by atoms with Gasteiger partial charge in [-0.2, -0.15) is 4.98 Å². The van der Waals surface area contributed by atoms with E-state index < -0.39 is 17.8 Å². The summed E-state index contributed by atoms with van der Waals surface area (Å²) in [6, 6.07) is 21.3. The molecule has 58 heavy (non-hydrogen) atoms. The fraction of sp³-hybridized carbons (Fsp3) is 0.395. The quantitative estimate of drug-likeness (QED) is 0.153. The van der Waals surface area contributed by atoms with E-state index >= 15 is 4.39 Å². The van der Waals surface area contributed by atoms with Crippen LogP contribution in [0.15, 0.2) is 72.9 Å². The summed E-state index contributed by atoms with van der Waals surface area (Å²) >= 11 is 0. The Morgan fingerprint density at radius 3 is 2.34 bits per heavy atom. The Morgan fingerprint density at radius 1 is 0.828 bits per heavy atom. The molecule has 2 aromatic heterocycles. The fourth-order valence-corrected chi connectivity index (χ4v) is 9.34. The first-order valence-electron chi connectivity index (χ1n) is 20.5. The minimum Gasteiger partial charge on any atom is -0.369 e. The average Bonchev–Trinajstić information content (AvgIpc) is 3.95. The van der Waals surface area contributed by atoms with Gasteiger partial charge >= 0.3 is 0 Å². The van der Waals surface area contributed by atoms with Crippen molar-refractivity contribution in [2.75, 3.05) is 66.2 Å². The predicted molar refractivity (Wildman–Crippen MR) is 219 cm³/mol. The lowest BCUT2D eigenvalue weighted by Crippen LogP contribution is -2.55. The van der Waals surface area contributed by atoms with Crippen LogP contribution in [0.5, 0.6) is 0 Å². The SMILES string of the molecule is O=C1CCC(N2Cc3cc(N4CC(CN5CCN(c6ccc(Nc7ncc8nc(Nc9ccccc9)n(C9CCCC9)c8n7)cc6)CC5)C4)c(F)cc3C2=O)C(=O)N1. The van der Waals surface area contributed by atoms with E-state index in [0.29, 0.717) is 29.2 Å². The maximum atomic E-state index is 15.3. The molecule has 15 heteroatoms. The third kappa shape index (κ3) is 6.97. The Kier molecular flexibility index (Phi) is 9.39. The topological polar surface area (TPSA) is 144 Å². The molecule has 0 bridgehead atoms. The Labute approximate surface area is 335 Å². The number of piperidine rings is 1. The third-order valence-corrected chi connectivity index (χ3v) is 12.4. The van der Waals surface area contributed by atoms with E-state index in [2.05, 4.69) is 59.6 Å². The fourth-order valence-electron chi connectivity index (χ4n) is 9.34. The van der Waals surface area contributed by atoms with Crippen LogP contribution in [0.2, 0.25) is 0 Å². The molecule has 6 heterocycles. The number of halogens is 1. The van der Waals surface area contributed by atoms with Gasteiger partial charge in [0.1, 0.15) is 17.4 Å². The van der Waals surface area contributed by atoms with E-state index in [9.17, 15) is 14.4 Å². The molecule has 10 rings (SSSR count). The summed E-state index contributed by atoms with van der Waals surface area (Å²) in [5, 5.41) is 9.24. The lowest BCUT2D eigenvalue weighted by Gasteiger charge is -2.45. The van der Waals surface area contributed by atoms with E-state index in [1.54, 1.807) is 12.3 Å². The maximum Gasteiger partial charge on any atom is 0.255 e. The van der Waals surface area contributed by atoms with Gasteiger partial charge in [-0.3, -0.25) is 29.2 Å². The molecular formula is C43H46FN11O3. The molecule has 4 fully saturated rings. The highest BCUT2D eigenvalue weighted by molar-refractivity contribution is 6.05. The molecule has 1 saturated carbocycles. The first-order valence-corrected chi connectivity index (χ1v) is 20.5. The zero-order valence-corrected chi connectivity index (χ0v) is 32.2. The van der Waals surface area contributed by atoms with Gasteiger partial charge in [-0.05, 0) is 73.4 Å². The standard InChI is InChI=1S/C43H46FN11O3/c44-34-21-33-28(26-54(41(33)58)36-14-15-38(56)49-40(36)57)20-37(34)53-24-27(25-53)23-51-16-18-52(19-17-51)31-12-10-30(11-13-31)46-42-45-22-35-39(50-42)55(32-8-4-5-9-32)43(48-35)47-29-6-2-1-3-7-29/h1-3,6-7,10-13,20-22,27,32,36H,4-5,8-9,14-19,23-26H2,(H,47,48)(H,45,46,50)(H,49,56,57). The van der Waals surface area contributed by atoms with Gasteiger partial charge in [-0.1, -0.05) is 31.0 Å². The second-order valence-electron chi connectivity index (χ2n) is 16.2. The highest BCUT2D eigenvalue weighted by Crippen LogP contribution is 2.37. The van der Waals surface area contributed by atoms with Crippen molar-refractivity contribution >= 4 is 63.5 Å². The molecule has 3 N–H and O–H groups in total. The molecule has 3 amide bonds. The third-order valence-electron chi connectivity index (χ3n) is 12.4. The Hall–Kier alpha value is -6.09. The van der Waals surface area contributed by atoms with Crippen molar-refractivity contribution in [1.29, 1.82) is 0 Å². The number of imidazole rings is 1. The lowest BCUT2D eigenvalue weighted by atomic mass is 9.97. The smallest absolute Gasteiger partial charge is 0.255 e. The van der Waals surface area contributed by atoms with Crippen LogP contribution in [0.25, 0.3) is 11.2 Å². The van der Waals surface area contributed by atoms with Gasteiger partial charge in [0.15, 0.2) is 5.65 Å². The van der Waals surface area contributed by atoms with Crippen molar-refractivity contribution in [2.24, 2.45) is 5.92 Å². The monoisotopic (exact) mass is 783 g/mol. The second kappa shape index (κ2) is 15.0. The summed E-state index contributed by atoms with van der Waals surface area (Å²) in [6.07, 6.45) is 6.89. The molecule has 298 valence electrons. The van der Waals surface area contributed by atoms with Crippen LogP contribution in [0, 0.1) is 11.7 Å². The Morgan fingerprint density at radius 2 is 1.59 bits per heavy atom. The number of imide groups is 1. The van der Waals surface area contributed by atoms with Crippen LogP contribution in [0.1, 0.15) is 60.5 Å². The first-order chi connectivity index (χ1) is 28.3. The van der Waals surface area contributed by atoms with E-state index in [-0.39, 0.29) is 31.2 Å². The minimum atomic E-state index is -0.716. The van der Waals surface area contributed by atoms with E-state index in [1.807, 2.05) is 35.2 Å². The van der Waals surface area contributed by atoms with Gasteiger partial charge < -0.3 is 25.3 Å². The molecule has 4 aliphatic heterocycles. The number of benzene rings is 3. The van der Waals surface area contributed by atoms with Gasteiger partial charge in [0, 0.05) is 93.4 Å². The average molecular weight is 784 g/mol. The number of carbonyl (C=O) groups excluding carboxylic acids is 3. The van der Waals surface area contributed by atoms with Crippen LogP contribution in [-0.4, -0.2) is 98.9 Å². The lowest BCUT2D eigenvalue weighted by molar-refractivity contribution is -0.136. The molecular weight excluding hydrogens is 738 g/mol. The van der Waals surface area contributed by atoms with Crippen LogP contribution in [0.4, 0.5) is 39.0 Å². The number of fused-ring (bicyclic) bond motifs is 2. The number of nitrogens with one attached hydrogen (secondary N) is 3. The van der Waals surface area contributed by atoms with Crippen molar-refractivity contribution in [3.8, 4) is 0 Å². The predicted octanol–water partition coefficient (Wildman–Crippen LogP) is 5.59. The van der Waals surface area contributed by atoms with E-state index in [0.717, 1.165) is 92.7 Å². The molecule has 1 aliphatic carbocycles. The largest absolute Gasteiger partial charge is 0.369 e. The van der Waals surface area contributed by atoms with Crippen molar-refractivity contribution in [1.82, 2.24) is 34.6 Å². The van der Waals surface area contributed by atoms with Crippen molar-refractivity contribution in [3.05, 3.63) is 89.9 Å². The summed E-state index contributed by atoms with van der Waals surface area (Å²) in [7, 11) is 0.